The van der Waals surface area contributed by atoms with Gasteiger partial charge in [-0.1, -0.05) is 16.8 Å². The average molecular weight is 335 g/mol. The van der Waals surface area contributed by atoms with E-state index in [1.807, 2.05) is 0 Å². The van der Waals surface area contributed by atoms with E-state index in [2.05, 4.69) is 10.1 Å². The first kappa shape index (κ1) is 16.3. The Kier molecular flexibility index (Phi) is 4.41. The SMILES string of the molecule is CCOC(=O)c1c(-c2ncc(C(F)(F)F)cc2Cl)noc1C. The van der Waals surface area contributed by atoms with Crippen LogP contribution in [0.2, 0.25) is 5.02 Å². The van der Waals surface area contributed by atoms with Crippen molar-refractivity contribution in [3.8, 4) is 11.4 Å². The standard InChI is InChI=1S/C13H10ClF3N2O3/c1-3-21-12(20)9-6(2)22-19-11(9)10-8(14)4-7(5-18-10)13(15,16)17/h4-5H,3H2,1-2H3. The highest BCUT2D eigenvalue weighted by Gasteiger charge is 2.33. The number of hydrogen-bond donors (Lipinski definition) is 0. The fourth-order valence-corrected chi connectivity index (χ4v) is 2.00. The molecule has 0 fully saturated rings. The summed E-state index contributed by atoms with van der Waals surface area (Å²) >= 11 is 5.84. The first-order valence-corrected chi connectivity index (χ1v) is 6.50. The van der Waals surface area contributed by atoms with Crippen LogP contribution in [-0.2, 0) is 10.9 Å². The Bertz CT molecular complexity index is 713. The third-order valence-electron chi connectivity index (χ3n) is 2.74. The molecule has 5 nitrogen and oxygen atoms in total. The molecule has 0 aliphatic carbocycles. The van der Waals surface area contributed by atoms with Crippen molar-refractivity contribution in [2.24, 2.45) is 0 Å². The lowest BCUT2D eigenvalue weighted by atomic mass is 10.1. The van der Waals surface area contributed by atoms with Crippen molar-refractivity contribution in [3.05, 3.63) is 34.2 Å². The van der Waals surface area contributed by atoms with Crippen LogP contribution >= 0.6 is 11.6 Å². The zero-order chi connectivity index (χ0) is 16.5. The molecular formula is C13H10ClF3N2O3. The van der Waals surface area contributed by atoms with E-state index in [1.54, 1.807) is 6.92 Å². The number of pyridine rings is 1. The second-order valence-electron chi connectivity index (χ2n) is 4.24. The summed E-state index contributed by atoms with van der Waals surface area (Å²) in [5, 5.41) is 3.34. The number of halogens is 4. The Morgan fingerprint density at radius 1 is 1.41 bits per heavy atom. The summed E-state index contributed by atoms with van der Waals surface area (Å²) in [4.78, 5) is 15.5. The minimum absolute atomic E-state index is 0.0176. The molecule has 2 rings (SSSR count). The molecule has 2 heterocycles. The molecular weight excluding hydrogens is 325 g/mol. The van der Waals surface area contributed by atoms with Gasteiger partial charge in [-0.2, -0.15) is 13.2 Å². The van der Waals surface area contributed by atoms with Crippen molar-refractivity contribution in [1.29, 1.82) is 0 Å². The molecule has 118 valence electrons. The number of ether oxygens (including phenoxy) is 1. The number of alkyl halides is 3. The van der Waals surface area contributed by atoms with Gasteiger partial charge in [0.25, 0.3) is 0 Å². The summed E-state index contributed by atoms with van der Waals surface area (Å²) in [6, 6.07) is 0.711. The monoisotopic (exact) mass is 334 g/mol. The van der Waals surface area contributed by atoms with E-state index in [4.69, 9.17) is 20.9 Å². The first-order valence-electron chi connectivity index (χ1n) is 6.12. The normalized spacial score (nSPS) is 11.5. The summed E-state index contributed by atoms with van der Waals surface area (Å²) in [6.07, 6.45) is -3.96. The summed E-state index contributed by atoms with van der Waals surface area (Å²) in [7, 11) is 0. The highest BCUT2D eigenvalue weighted by molar-refractivity contribution is 6.33. The molecule has 22 heavy (non-hydrogen) atoms. The lowest BCUT2D eigenvalue weighted by Crippen LogP contribution is -2.08. The van der Waals surface area contributed by atoms with Gasteiger partial charge in [-0.3, -0.25) is 4.98 Å². The van der Waals surface area contributed by atoms with Crippen LogP contribution in [0.25, 0.3) is 11.4 Å². The maximum atomic E-state index is 12.6. The second-order valence-corrected chi connectivity index (χ2v) is 4.64. The Morgan fingerprint density at radius 2 is 2.09 bits per heavy atom. The van der Waals surface area contributed by atoms with E-state index in [1.165, 1.54) is 6.92 Å². The van der Waals surface area contributed by atoms with E-state index in [0.717, 1.165) is 0 Å². The molecule has 0 bridgehead atoms. The van der Waals surface area contributed by atoms with Gasteiger partial charge in [0.15, 0.2) is 0 Å². The van der Waals surface area contributed by atoms with Crippen LogP contribution in [0, 0.1) is 6.92 Å². The summed E-state index contributed by atoms with van der Waals surface area (Å²) in [6.45, 7) is 3.21. The molecule has 0 aliphatic rings. The predicted molar refractivity (Wildman–Crippen MR) is 70.4 cm³/mol. The number of esters is 1. The van der Waals surface area contributed by atoms with Crippen LogP contribution in [0.3, 0.4) is 0 Å². The highest BCUT2D eigenvalue weighted by atomic mass is 35.5. The highest BCUT2D eigenvalue weighted by Crippen LogP contribution is 2.35. The molecule has 2 aromatic heterocycles. The van der Waals surface area contributed by atoms with Gasteiger partial charge in [-0.05, 0) is 19.9 Å². The molecule has 0 unspecified atom stereocenters. The Labute approximate surface area is 128 Å². The molecule has 0 amide bonds. The van der Waals surface area contributed by atoms with Gasteiger partial charge in [0.2, 0.25) is 0 Å². The Hall–Kier alpha value is -2.09. The zero-order valence-electron chi connectivity index (χ0n) is 11.5. The van der Waals surface area contributed by atoms with Gasteiger partial charge in [0, 0.05) is 6.20 Å². The maximum absolute atomic E-state index is 12.6. The van der Waals surface area contributed by atoms with Gasteiger partial charge in [-0.15, -0.1) is 0 Å². The lowest BCUT2D eigenvalue weighted by molar-refractivity contribution is -0.137. The van der Waals surface area contributed by atoms with E-state index in [-0.39, 0.29) is 34.3 Å². The van der Waals surface area contributed by atoms with Crippen molar-refractivity contribution in [2.75, 3.05) is 6.61 Å². The van der Waals surface area contributed by atoms with Gasteiger partial charge < -0.3 is 9.26 Å². The molecule has 2 aromatic rings. The van der Waals surface area contributed by atoms with Crippen LogP contribution in [-0.4, -0.2) is 22.7 Å². The van der Waals surface area contributed by atoms with Crippen LogP contribution < -0.4 is 0 Å². The summed E-state index contributed by atoms with van der Waals surface area (Å²) in [5.74, 6) is -0.555. The van der Waals surface area contributed by atoms with Gasteiger partial charge >= 0.3 is 12.1 Å². The molecule has 0 aliphatic heterocycles. The number of rotatable bonds is 3. The molecule has 0 saturated carbocycles. The molecule has 0 aromatic carbocycles. The van der Waals surface area contributed by atoms with Crippen LogP contribution in [0.1, 0.15) is 28.6 Å². The minimum atomic E-state index is -4.57. The number of nitrogens with zero attached hydrogens (tertiary/aromatic N) is 2. The number of carbonyl (C=O) groups excluding carboxylic acids is 1. The van der Waals surface area contributed by atoms with Gasteiger partial charge in [0.05, 0.1) is 17.2 Å². The van der Waals surface area contributed by atoms with E-state index in [9.17, 15) is 18.0 Å². The molecule has 0 saturated heterocycles. The van der Waals surface area contributed by atoms with Crippen molar-refractivity contribution in [1.82, 2.24) is 10.1 Å². The predicted octanol–water partition coefficient (Wildman–Crippen LogP) is 3.89. The average Bonchev–Trinajstić information content (AvgIpc) is 2.79. The largest absolute Gasteiger partial charge is 0.462 e. The van der Waals surface area contributed by atoms with Crippen LogP contribution in [0.5, 0.6) is 0 Å². The van der Waals surface area contributed by atoms with Crippen molar-refractivity contribution in [2.45, 2.75) is 20.0 Å². The van der Waals surface area contributed by atoms with E-state index >= 15 is 0 Å². The third kappa shape index (κ3) is 3.06. The molecule has 0 radical (unpaired) electrons. The lowest BCUT2D eigenvalue weighted by Gasteiger charge is -2.08. The third-order valence-corrected chi connectivity index (χ3v) is 3.02. The maximum Gasteiger partial charge on any atom is 0.417 e. The molecule has 0 atom stereocenters. The Morgan fingerprint density at radius 3 is 2.64 bits per heavy atom. The van der Waals surface area contributed by atoms with E-state index in [0.29, 0.717) is 12.3 Å². The van der Waals surface area contributed by atoms with Crippen molar-refractivity contribution in [3.63, 3.8) is 0 Å². The number of hydrogen-bond acceptors (Lipinski definition) is 5. The zero-order valence-corrected chi connectivity index (χ0v) is 12.2. The van der Waals surface area contributed by atoms with E-state index < -0.39 is 17.7 Å². The molecule has 0 N–H and O–H groups in total. The smallest absolute Gasteiger partial charge is 0.417 e. The minimum Gasteiger partial charge on any atom is -0.462 e. The fourth-order valence-electron chi connectivity index (χ4n) is 1.74. The van der Waals surface area contributed by atoms with Gasteiger partial charge in [0.1, 0.15) is 22.7 Å². The summed E-state index contributed by atoms with van der Waals surface area (Å²) in [5.41, 5.74) is -1.17. The number of aromatic nitrogens is 2. The topological polar surface area (TPSA) is 65.2 Å². The van der Waals surface area contributed by atoms with Crippen molar-refractivity contribution < 1.29 is 27.2 Å². The van der Waals surface area contributed by atoms with Crippen LogP contribution in [0.15, 0.2) is 16.8 Å². The van der Waals surface area contributed by atoms with Crippen molar-refractivity contribution >= 4 is 17.6 Å². The van der Waals surface area contributed by atoms with Gasteiger partial charge in [-0.25, -0.2) is 4.79 Å². The first-order chi connectivity index (χ1) is 10.3. The van der Waals surface area contributed by atoms with Crippen LogP contribution in [0.4, 0.5) is 13.2 Å². The quantitative estimate of drug-likeness (QED) is 0.797. The second kappa shape index (κ2) is 5.96. The number of carbonyl (C=O) groups is 1. The number of aryl methyl sites for hydroxylation is 1. The fraction of sp³-hybridized carbons (Fsp3) is 0.308. The molecule has 0 spiro atoms. The summed E-state index contributed by atoms with van der Waals surface area (Å²) < 4.78 is 47.6. The Balaban J connectivity index is 2.52. The molecule has 9 heteroatoms.